The maximum absolute atomic E-state index is 4.48. The second kappa shape index (κ2) is 24.3. The Bertz CT molecular complexity index is 372. The molecule has 0 N–H and O–H groups in total. The molecular weight excluding hydrogens is 495 g/mol. The van der Waals surface area contributed by atoms with Gasteiger partial charge >= 0.3 is 201 Å². The van der Waals surface area contributed by atoms with Gasteiger partial charge in [0.15, 0.2) is 0 Å². The van der Waals surface area contributed by atoms with Gasteiger partial charge < -0.3 is 0 Å². The fourth-order valence-electron chi connectivity index (χ4n) is 5.66. The minimum atomic E-state index is -1.61. The van der Waals surface area contributed by atoms with Crippen molar-refractivity contribution in [3.8, 4) is 0 Å². The molecule has 208 valence electrons. The Hall–Kier alpha value is 0.910. The maximum atomic E-state index is 4.48. The predicted molar refractivity (Wildman–Crippen MR) is 169 cm³/mol. The average Bonchev–Trinajstić information content (AvgIpc) is 2.85. The number of rotatable bonds is 28. The first-order valence-electron chi connectivity index (χ1n) is 16.3. The molecule has 0 unspecified atom stereocenters. The molecule has 0 bridgehead atoms. The zero-order valence-electron chi connectivity index (χ0n) is 24.6. The fourth-order valence-corrected chi connectivity index (χ4v) is 11.1. The van der Waals surface area contributed by atoms with Crippen LogP contribution < -0.4 is 0 Å². The van der Waals surface area contributed by atoms with Crippen molar-refractivity contribution in [3.05, 3.63) is 0 Å². The van der Waals surface area contributed by atoms with Crippen molar-refractivity contribution in [1.82, 2.24) is 0 Å². The van der Waals surface area contributed by atoms with Crippen LogP contribution in [0.2, 0.25) is 0 Å². The van der Waals surface area contributed by atoms with Gasteiger partial charge in [0, 0.05) is 0 Å². The molecular formula is C32H68BrP. The second-order valence-corrected chi connectivity index (χ2v) is 23.5. The van der Waals surface area contributed by atoms with E-state index in [1.54, 1.807) is 0 Å². The van der Waals surface area contributed by atoms with Crippen LogP contribution in [0, 0.1) is 0 Å². The monoisotopic (exact) mass is 562 g/mol. The Morgan fingerprint density at radius 2 is 0.529 bits per heavy atom. The summed E-state index contributed by atoms with van der Waals surface area (Å²) in [5.41, 5.74) is 0. The van der Waals surface area contributed by atoms with Crippen LogP contribution in [0.1, 0.15) is 182 Å². The summed E-state index contributed by atoms with van der Waals surface area (Å²) in [6.45, 7) is 9.59. The van der Waals surface area contributed by atoms with E-state index in [1.165, 1.54) is 179 Å². The van der Waals surface area contributed by atoms with E-state index >= 15 is 0 Å². The first-order chi connectivity index (χ1) is 16.5. The standard InChI is InChI=1S/C32H68BrP/c1-5-9-11-13-15-17-19-21-23-25-27-29-31-34(33,7-3,8-4)32-30-28-26-24-22-20-18-16-14-12-10-6-2/h5-32H2,1-4H3. The average molecular weight is 564 g/mol. The quantitative estimate of drug-likeness (QED) is 0.0656. The third kappa shape index (κ3) is 20.0. The predicted octanol–water partition coefficient (Wildman–Crippen LogP) is 13.3. The van der Waals surface area contributed by atoms with Gasteiger partial charge in [-0.15, -0.1) is 0 Å². The molecule has 0 nitrogen and oxygen atoms in total. The van der Waals surface area contributed by atoms with E-state index in [2.05, 4.69) is 43.2 Å². The van der Waals surface area contributed by atoms with Crippen LogP contribution in [0.25, 0.3) is 0 Å². The zero-order chi connectivity index (χ0) is 25.2. The zero-order valence-corrected chi connectivity index (χ0v) is 27.1. The van der Waals surface area contributed by atoms with E-state index in [0.717, 1.165) is 0 Å². The van der Waals surface area contributed by atoms with Crippen molar-refractivity contribution < 1.29 is 0 Å². The molecule has 0 rings (SSSR count). The van der Waals surface area contributed by atoms with E-state index in [-0.39, 0.29) is 0 Å². The minimum Gasteiger partial charge on any atom is -0.0654 e. The molecule has 0 saturated heterocycles. The Labute approximate surface area is 226 Å². The number of halogens is 1. The number of unbranched alkanes of at least 4 members (excludes halogenated alkanes) is 22. The molecule has 0 aromatic carbocycles. The Morgan fingerprint density at radius 3 is 0.735 bits per heavy atom. The summed E-state index contributed by atoms with van der Waals surface area (Å²) in [6.07, 6.45) is 40.9. The summed E-state index contributed by atoms with van der Waals surface area (Å²) in [4.78, 5) is 0. The fraction of sp³-hybridized carbons (Fsp3) is 1.00. The van der Waals surface area contributed by atoms with Crippen molar-refractivity contribution in [2.24, 2.45) is 0 Å². The summed E-state index contributed by atoms with van der Waals surface area (Å²) in [6, 6.07) is 0. The van der Waals surface area contributed by atoms with Crippen LogP contribution in [0.15, 0.2) is 0 Å². The van der Waals surface area contributed by atoms with Gasteiger partial charge in [-0.3, -0.25) is 0 Å². The van der Waals surface area contributed by atoms with Crippen LogP contribution in [-0.4, -0.2) is 24.6 Å². The van der Waals surface area contributed by atoms with Gasteiger partial charge in [-0.05, 0) is 0 Å². The van der Waals surface area contributed by atoms with Crippen molar-refractivity contribution in [2.75, 3.05) is 24.6 Å². The van der Waals surface area contributed by atoms with Crippen LogP contribution in [0.5, 0.6) is 0 Å². The van der Waals surface area contributed by atoms with E-state index in [0.29, 0.717) is 0 Å². The first-order valence-corrected chi connectivity index (χ1v) is 21.3. The molecule has 0 aliphatic rings. The van der Waals surface area contributed by atoms with Crippen LogP contribution in [0.3, 0.4) is 0 Å². The van der Waals surface area contributed by atoms with Gasteiger partial charge in [-0.1, -0.05) is 26.7 Å². The minimum absolute atomic E-state index is 1.37. The molecule has 0 aromatic rings. The Balaban J connectivity index is 3.76. The van der Waals surface area contributed by atoms with E-state index in [4.69, 9.17) is 0 Å². The summed E-state index contributed by atoms with van der Waals surface area (Å²) in [5.74, 6) is 0. The van der Waals surface area contributed by atoms with Gasteiger partial charge in [0.05, 0.1) is 0 Å². The van der Waals surface area contributed by atoms with Gasteiger partial charge in [0.2, 0.25) is 0 Å². The number of hydrogen-bond acceptors (Lipinski definition) is 0. The summed E-state index contributed by atoms with van der Waals surface area (Å²) >= 11 is 4.48. The van der Waals surface area contributed by atoms with Crippen LogP contribution in [-0.2, 0) is 0 Å². The molecule has 2 heteroatoms. The molecule has 0 aliphatic carbocycles. The molecule has 34 heavy (non-hydrogen) atoms. The van der Waals surface area contributed by atoms with Crippen LogP contribution in [0.4, 0.5) is 0 Å². The third-order valence-electron chi connectivity index (χ3n) is 8.72. The van der Waals surface area contributed by atoms with Crippen molar-refractivity contribution >= 4 is 20.8 Å². The van der Waals surface area contributed by atoms with Gasteiger partial charge in [-0.2, -0.15) is 0 Å². The molecule has 0 spiro atoms. The third-order valence-corrected chi connectivity index (χ3v) is 19.9. The molecule has 0 aromatic heterocycles. The Kier molecular flexibility index (Phi) is 24.9. The van der Waals surface area contributed by atoms with Gasteiger partial charge in [-0.25, -0.2) is 0 Å². The Morgan fingerprint density at radius 1 is 0.324 bits per heavy atom. The molecule has 0 heterocycles. The van der Waals surface area contributed by atoms with E-state index in [9.17, 15) is 0 Å². The molecule has 0 radical (unpaired) electrons. The van der Waals surface area contributed by atoms with Gasteiger partial charge in [0.1, 0.15) is 0 Å². The molecule has 0 fully saturated rings. The van der Waals surface area contributed by atoms with Crippen molar-refractivity contribution in [2.45, 2.75) is 182 Å². The van der Waals surface area contributed by atoms with Crippen LogP contribution >= 0.6 is 20.8 Å². The SMILES string of the molecule is CCCCCCCCCCCCCCP(Br)(CC)(CC)CCCCCCCCCCCCCC. The van der Waals surface area contributed by atoms with E-state index in [1.807, 2.05) is 0 Å². The first kappa shape index (κ1) is 34.9. The normalized spacial score (nSPS) is 13.3. The summed E-state index contributed by atoms with van der Waals surface area (Å²) in [5, 5.41) is -1.61. The summed E-state index contributed by atoms with van der Waals surface area (Å²) < 4.78 is 0. The molecule has 0 aliphatic heterocycles. The van der Waals surface area contributed by atoms with Crippen molar-refractivity contribution in [1.29, 1.82) is 0 Å². The molecule has 0 saturated carbocycles. The van der Waals surface area contributed by atoms with Gasteiger partial charge in [0.25, 0.3) is 0 Å². The number of hydrogen-bond donors (Lipinski definition) is 0. The summed E-state index contributed by atoms with van der Waals surface area (Å²) in [7, 11) is 0. The molecule has 0 amide bonds. The smallest absolute Gasteiger partial charge is 0.0654 e. The van der Waals surface area contributed by atoms with Crippen molar-refractivity contribution in [3.63, 3.8) is 0 Å². The molecule has 0 atom stereocenters. The topological polar surface area (TPSA) is 0 Å². The second-order valence-electron chi connectivity index (χ2n) is 11.7. The van der Waals surface area contributed by atoms with E-state index < -0.39 is 5.31 Å².